The van der Waals surface area contributed by atoms with Gasteiger partial charge in [0, 0.05) is 5.41 Å². The number of aromatic hydroxyl groups is 1. The Kier molecular flexibility index (Phi) is 1.97. The van der Waals surface area contributed by atoms with E-state index in [0.29, 0.717) is 5.75 Å². The minimum atomic E-state index is 0.0705. The third-order valence-corrected chi connectivity index (χ3v) is 4.40. The van der Waals surface area contributed by atoms with Crippen LogP contribution < -0.4 is 0 Å². The highest BCUT2D eigenvalue weighted by Gasteiger charge is 2.50. The van der Waals surface area contributed by atoms with E-state index < -0.39 is 0 Å². The van der Waals surface area contributed by atoms with Gasteiger partial charge in [-0.05, 0) is 55.4 Å². The molecule has 0 heterocycles. The van der Waals surface area contributed by atoms with Gasteiger partial charge >= 0.3 is 0 Å². The molecular weight excluding hydrogens is 198 g/mol. The second-order valence-electron chi connectivity index (χ2n) is 5.07. The molecule has 1 aromatic carbocycles. The summed E-state index contributed by atoms with van der Waals surface area (Å²) in [6.07, 6.45) is 5.51. The van der Waals surface area contributed by atoms with Gasteiger partial charge in [0.15, 0.2) is 0 Å². The summed E-state index contributed by atoms with van der Waals surface area (Å²) in [5.41, 5.74) is 2.65. The molecule has 1 fully saturated rings. The summed E-state index contributed by atoms with van der Waals surface area (Å²) in [6, 6.07) is 8.12. The van der Waals surface area contributed by atoms with E-state index in [1.807, 2.05) is 12.1 Å². The highest BCUT2D eigenvalue weighted by Crippen LogP contribution is 2.55. The van der Waals surface area contributed by atoms with E-state index in [0.717, 1.165) is 25.7 Å². The highest BCUT2D eigenvalue weighted by molar-refractivity contribution is 5.45. The molecule has 2 heteroatoms. The Morgan fingerprint density at radius 2 is 2.25 bits per heavy atom. The van der Waals surface area contributed by atoms with Gasteiger partial charge in [-0.3, -0.25) is 0 Å². The summed E-state index contributed by atoms with van der Waals surface area (Å²) in [4.78, 5) is 0. The largest absolute Gasteiger partial charge is 0.508 e. The molecule has 0 aromatic heterocycles. The quantitative estimate of drug-likeness (QED) is 0.720. The number of phenolic OH excluding ortho intramolecular Hbond substituents is 1. The third-order valence-electron chi connectivity index (χ3n) is 4.40. The van der Waals surface area contributed by atoms with Crippen molar-refractivity contribution in [1.29, 1.82) is 5.26 Å². The molecule has 1 N–H and O–H groups in total. The lowest BCUT2D eigenvalue weighted by Crippen LogP contribution is -2.46. The number of benzene rings is 1. The van der Waals surface area contributed by atoms with Crippen molar-refractivity contribution in [3.05, 3.63) is 29.3 Å². The fraction of sp³-hybridized carbons (Fsp3) is 0.500. The summed E-state index contributed by atoms with van der Waals surface area (Å²) in [6.45, 7) is 0. The van der Waals surface area contributed by atoms with Gasteiger partial charge in [0.25, 0.3) is 0 Å². The molecule has 0 unspecified atom stereocenters. The first-order valence-corrected chi connectivity index (χ1v) is 5.98. The van der Waals surface area contributed by atoms with Gasteiger partial charge in [-0.25, -0.2) is 0 Å². The Hall–Kier alpha value is -1.49. The van der Waals surface area contributed by atoms with Crippen LogP contribution in [0.15, 0.2) is 18.2 Å². The van der Waals surface area contributed by atoms with Crippen LogP contribution in [0.5, 0.6) is 5.75 Å². The zero-order chi connectivity index (χ0) is 11.2. The first-order chi connectivity index (χ1) is 7.76. The Balaban J connectivity index is 2.13. The van der Waals surface area contributed by atoms with Crippen molar-refractivity contribution in [2.45, 2.75) is 37.5 Å². The molecule has 0 aliphatic heterocycles. The van der Waals surface area contributed by atoms with E-state index in [2.05, 4.69) is 6.07 Å². The van der Waals surface area contributed by atoms with Gasteiger partial charge < -0.3 is 5.11 Å². The number of hydrogen-bond donors (Lipinski definition) is 1. The zero-order valence-corrected chi connectivity index (χ0v) is 9.24. The number of nitriles is 1. The van der Waals surface area contributed by atoms with Crippen molar-refractivity contribution < 1.29 is 5.11 Å². The second kappa shape index (κ2) is 3.25. The summed E-state index contributed by atoms with van der Waals surface area (Å²) in [5, 5.41) is 18.8. The molecule has 0 radical (unpaired) electrons. The second-order valence-corrected chi connectivity index (χ2v) is 5.07. The molecule has 16 heavy (non-hydrogen) atoms. The van der Waals surface area contributed by atoms with E-state index >= 15 is 0 Å². The van der Waals surface area contributed by atoms with E-state index in [9.17, 15) is 10.4 Å². The molecular formula is C14H15NO. The Morgan fingerprint density at radius 1 is 1.38 bits per heavy atom. The number of fused-ring (bicyclic) bond motifs is 2. The highest BCUT2D eigenvalue weighted by atomic mass is 16.3. The van der Waals surface area contributed by atoms with Gasteiger partial charge in [0.2, 0.25) is 0 Å². The van der Waals surface area contributed by atoms with Crippen LogP contribution in [0.1, 0.15) is 36.8 Å². The van der Waals surface area contributed by atoms with Gasteiger partial charge in [-0.1, -0.05) is 6.07 Å². The van der Waals surface area contributed by atoms with E-state index in [1.165, 1.54) is 17.5 Å². The monoisotopic (exact) mass is 213 g/mol. The smallest absolute Gasteiger partial charge is 0.115 e. The maximum atomic E-state index is 9.62. The van der Waals surface area contributed by atoms with Crippen LogP contribution in [0.2, 0.25) is 0 Å². The van der Waals surface area contributed by atoms with Crippen LogP contribution in [0.25, 0.3) is 0 Å². The van der Waals surface area contributed by atoms with Crippen LogP contribution in [0.4, 0.5) is 0 Å². The Bertz CT molecular complexity index is 474. The maximum absolute atomic E-state index is 9.62. The number of rotatable bonds is 0. The van der Waals surface area contributed by atoms with Crippen LogP contribution >= 0.6 is 0 Å². The fourth-order valence-corrected chi connectivity index (χ4v) is 3.42. The lowest BCUT2D eigenvalue weighted by atomic mass is 9.52. The van der Waals surface area contributed by atoms with Crippen molar-refractivity contribution >= 4 is 0 Å². The molecule has 2 aliphatic carbocycles. The van der Waals surface area contributed by atoms with Crippen molar-refractivity contribution in [2.75, 3.05) is 0 Å². The first-order valence-electron chi connectivity index (χ1n) is 5.98. The van der Waals surface area contributed by atoms with Crippen LogP contribution in [0.3, 0.4) is 0 Å². The topological polar surface area (TPSA) is 44.0 Å². The average Bonchev–Trinajstić information content (AvgIpc) is 2.27. The lowest BCUT2D eigenvalue weighted by Gasteiger charge is -2.50. The molecule has 1 aromatic rings. The van der Waals surface area contributed by atoms with Crippen molar-refractivity contribution in [1.82, 2.24) is 0 Å². The number of aryl methyl sites for hydroxylation is 1. The van der Waals surface area contributed by atoms with E-state index in [-0.39, 0.29) is 11.3 Å². The summed E-state index contributed by atoms with van der Waals surface area (Å²) < 4.78 is 0. The minimum absolute atomic E-state index is 0.0705. The number of nitrogens with zero attached hydrogens (tertiary/aromatic N) is 1. The molecule has 0 amide bonds. The van der Waals surface area contributed by atoms with E-state index in [4.69, 9.17) is 0 Å². The van der Waals surface area contributed by atoms with Gasteiger partial charge in [-0.15, -0.1) is 0 Å². The molecule has 1 saturated carbocycles. The molecule has 2 atom stereocenters. The van der Waals surface area contributed by atoms with Crippen molar-refractivity contribution in [2.24, 2.45) is 5.92 Å². The molecule has 3 rings (SSSR count). The van der Waals surface area contributed by atoms with Crippen LogP contribution in [-0.2, 0) is 11.8 Å². The van der Waals surface area contributed by atoms with Gasteiger partial charge in [0.1, 0.15) is 5.75 Å². The van der Waals surface area contributed by atoms with Crippen molar-refractivity contribution in [3.8, 4) is 11.8 Å². The van der Waals surface area contributed by atoms with Gasteiger partial charge in [-0.2, -0.15) is 5.26 Å². The molecule has 0 saturated heterocycles. The predicted octanol–water partition coefficient (Wildman–Crippen LogP) is 2.90. The number of hydrogen-bond acceptors (Lipinski definition) is 2. The summed E-state index contributed by atoms with van der Waals surface area (Å²) in [5.74, 6) is 0.497. The molecule has 82 valence electrons. The fourth-order valence-electron chi connectivity index (χ4n) is 3.42. The minimum Gasteiger partial charge on any atom is -0.508 e. The number of phenols is 1. The van der Waals surface area contributed by atoms with Crippen molar-refractivity contribution in [3.63, 3.8) is 0 Å². The Labute approximate surface area is 95.5 Å². The molecule has 1 spiro atoms. The zero-order valence-electron chi connectivity index (χ0n) is 9.24. The van der Waals surface area contributed by atoms with Gasteiger partial charge in [0.05, 0.1) is 12.0 Å². The summed E-state index contributed by atoms with van der Waals surface area (Å²) >= 11 is 0. The van der Waals surface area contributed by atoms with E-state index in [1.54, 1.807) is 6.07 Å². The summed E-state index contributed by atoms with van der Waals surface area (Å²) in [7, 11) is 0. The standard InChI is InChI=1S/C14H15NO/c15-9-11-5-7-14(11)6-1-2-10-3-4-12(16)8-13(10)14/h3-4,8,11,16H,1-2,5-7H2/t11-,14-/m1/s1. The Morgan fingerprint density at radius 3 is 2.94 bits per heavy atom. The third kappa shape index (κ3) is 1.12. The maximum Gasteiger partial charge on any atom is 0.115 e. The molecule has 2 nitrogen and oxygen atoms in total. The van der Waals surface area contributed by atoms with Crippen LogP contribution in [0, 0.1) is 17.2 Å². The predicted molar refractivity (Wildman–Crippen MR) is 61.1 cm³/mol. The normalized spacial score (nSPS) is 31.6. The first kappa shape index (κ1) is 9.72. The van der Waals surface area contributed by atoms with Crippen LogP contribution in [-0.4, -0.2) is 5.11 Å². The lowest BCUT2D eigenvalue weighted by molar-refractivity contribution is 0.143. The molecule has 2 aliphatic rings. The molecule has 0 bridgehead atoms. The SMILES string of the molecule is N#C[C@H]1CC[C@]12CCCc1ccc(O)cc12. The average molecular weight is 213 g/mol.